The molecular formula is C58H60N6O23. The van der Waals surface area contributed by atoms with Crippen molar-refractivity contribution in [2.45, 2.75) is 0 Å². The van der Waals surface area contributed by atoms with Crippen LogP contribution in [0.1, 0.15) is 62.4 Å². The number of ether oxygens (including phenoxy) is 12. The molecule has 0 saturated carbocycles. The molecule has 0 spiro atoms. The number of ketones is 2. The minimum atomic E-state index is -0.791. The molecule has 7 N–H and O–H groups in total. The smallest absolute Gasteiger partial charge is 0.384 e. The van der Waals surface area contributed by atoms with E-state index in [1.54, 1.807) is 30.3 Å². The van der Waals surface area contributed by atoms with Gasteiger partial charge < -0.3 is 83.9 Å². The summed E-state index contributed by atoms with van der Waals surface area (Å²) in [6, 6.07) is 18.2. The zero-order valence-corrected chi connectivity index (χ0v) is 48.9. The molecule has 7 rings (SSSR count). The minimum Gasteiger partial charge on any atom is -0.495 e. The lowest BCUT2D eigenvalue weighted by Gasteiger charge is -2.19. The maximum absolute atomic E-state index is 12.2. The molecule has 0 atom stereocenters. The molecule has 0 radical (unpaired) electrons. The first-order valence-electron chi connectivity index (χ1n) is 24.6. The molecule has 460 valence electrons. The van der Waals surface area contributed by atoms with Crippen LogP contribution in [-0.4, -0.2) is 168 Å². The number of nitrogens with zero attached hydrogens (tertiary/aromatic N) is 1. The number of carbonyl (C=O) groups is 10. The SMILES string of the molecule is COC(=O)/C=C(/Nc1cc(C(=O)OC)ccc1OC)C(=O)OC.COC(=O)C#CC(=O)OC.COC(=O)c1cc(=O)c2c(C(=O)OC)ccc(OC)c2[nH]1.COC(=O)c1ccc(OC)c(N)c1.COc1ccc2c3c(cc(C(=O)CN)nc13)NCC2=O. The first kappa shape index (κ1) is 69.7. The molecular weight excluding hydrogens is 1150 g/mol. The van der Waals surface area contributed by atoms with Crippen LogP contribution in [-0.2, 0) is 57.1 Å². The molecule has 0 unspecified atom stereocenters. The minimum absolute atomic E-state index is 0.00939. The second kappa shape index (κ2) is 34.2. The zero-order valence-electron chi connectivity index (χ0n) is 48.9. The van der Waals surface area contributed by atoms with Crippen LogP contribution in [0.25, 0.3) is 21.8 Å². The van der Waals surface area contributed by atoms with Crippen molar-refractivity contribution in [3.05, 3.63) is 128 Å². The zero-order chi connectivity index (χ0) is 65.1. The largest absolute Gasteiger partial charge is 0.495 e. The van der Waals surface area contributed by atoms with E-state index in [0.717, 1.165) is 19.3 Å². The topological polar surface area (TPSA) is 403 Å². The number of esters is 8. The number of aromatic nitrogens is 2. The van der Waals surface area contributed by atoms with E-state index in [9.17, 15) is 52.7 Å². The number of rotatable bonds is 14. The summed E-state index contributed by atoms with van der Waals surface area (Å²) < 4.78 is 56.2. The van der Waals surface area contributed by atoms with Crippen molar-refractivity contribution < 1.29 is 105 Å². The van der Waals surface area contributed by atoms with Gasteiger partial charge in [-0.2, -0.15) is 0 Å². The summed E-state index contributed by atoms with van der Waals surface area (Å²) in [5, 5.41) is 6.48. The Hall–Kier alpha value is -11.5. The normalized spacial score (nSPS) is 10.5. The Bertz CT molecular complexity index is 3730. The lowest BCUT2D eigenvalue weighted by molar-refractivity contribution is -0.138. The Morgan fingerprint density at radius 1 is 0.586 bits per heavy atom. The van der Waals surface area contributed by atoms with E-state index in [1.165, 1.54) is 115 Å². The van der Waals surface area contributed by atoms with Gasteiger partial charge in [0.25, 0.3) is 0 Å². The number of fused-ring (bicyclic) bond motifs is 1. The lowest BCUT2D eigenvalue weighted by atomic mass is 9.98. The van der Waals surface area contributed by atoms with E-state index in [0.29, 0.717) is 56.4 Å². The Balaban J connectivity index is 0.000000292. The summed E-state index contributed by atoms with van der Waals surface area (Å²) in [7, 11) is 15.5. The molecule has 0 bridgehead atoms. The molecule has 29 heteroatoms. The number of pyridine rings is 2. The molecule has 2 aromatic heterocycles. The maximum atomic E-state index is 12.2. The lowest BCUT2D eigenvalue weighted by Crippen LogP contribution is -2.22. The predicted octanol–water partition coefficient (Wildman–Crippen LogP) is 3.63. The van der Waals surface area contributed by atoms with Crippen LogP contribution >= 0.6 is 0 Å². The van der Waals surface area contributed by atoms with Gasteiger partial charge in [-0.25, -0.2) is 43.3 Å². The number of H-pyrrole nitrogens is 1. The van der Waals surface area contributed by atoms with E-state index in [2.05, 4.69) is 58.5 Å². The average molecular weight is 1210 g/mol. The molecule has 0 amide bonds. The number of hydrogen-bond donors (Lipinski definition) is 5. The number of hydrogen-bond acceptors (Lipinski definition) is 28. The number of nitrogen functional groups attached to an aromatic ring is 1. The fourth-order valence-electron chi connectivity index (χ4n) is 7.19. The number of nitrogens with one attached hydrogen (secondary N) is 3. The highest BCUT2D eigenvalue weighted by Crippen LogP contribution is 2.36. The van der Waals surface area contributed by atoms with Crippen molar-refractivity contribution >= 4 is 98.2 Å². The van der Waals surface area contributed by atoms with E-state index in [1.807, 2.05) is 11.8 Å². The Morgan fingerprint density at radius 3 is 1.63 bits per heavy atom. The van der Waals surface area contributed by atoms with Crippen molar-refractivity contribution in [2.75, 3.05) is 115 Å². The highest BCUT2D eigenvalue weighted by molar-refractivity contribution is 6.18. The van der Waals surface area contributed by atoms with Gasteiger partial charge in [0.05, 0.1) is 143 Å². The average Bonchev–Trinajstić information content (AvgIpc) is 1.05. The van der Waals surface area contributed by atoms with E-state index < -0.39 is 53.2 Å². The fourth-order valence-corrected chi connectivity index (χ4v) is 7.19. The Labute approximate surface area is 495 Å². The molecule has 0 aliphatic carbocycles. The highest BCUT2D eigenvalue weighted by Gasteiger charge is 2.25. The van der Waals surface area contributed by atoms with Crippen molar-refractivity contribution in [2.24, 2.45) is 5.73 Å². The van der Waals surface area contributed by atoms with Gasteiger partial charge in [0.2, 0.25) is 0 Å². The predicted molar refractivity (Wildman–Crippen MR) is 309 cm³/mol. The first-order valence-corrected chi connectivity index (χ1v) is 24.6. The van der Waals surface area contributed by atoms with Crippen molar-refractivity contribution in [1.82, 2.24) is 9.97 Å². The van der Waals surface area contributed by atoms with Crippen LogP contribution in [0, 0.1) is 11.8 Å². The van der Waals surface area contributed by atoms with Crippen LogP contribution in [0.4, 0.5) is 17.1 Å². The molecule has 0 saturated heterocycles. The third kappa shape index (κ3) is 18.7. The third-order valence-electron chi connectivity index (χ3n) is 11.4. The van der Waals surface area contributed by atoms with Gasteiger partial charge in [-0.05, 0) is 66.7 Å². The van der Waals surface area contributed by atoms with Crippen molar-refractivity contribution in [3.63, 3.8) is 0 Å². The number of methoxy groups -OCH3 is 12. The van der Waals surface area contributed by atoms with Gasteiger partial charge in [-0.15, -0.1) is 0 Å². The molecule has 87 heavy (non-hydrogen) atoms. The van der Waals surface area contributed by atoms with Crippen molar-refractivity contribution in [3.8, 4) is 34.8 Å². The van der Waals surface area contributed by atoms with E-state index in [4.69, 9.17) is 30.4 Å². The number of carbonyl (C=O) groups excluding carboxylic acids is 10. The van der Waals surface area contributed by atoms with E-state index in [-0.39, 0.29) is 69.5 Å². The number of anilines is 3. The highest BCUT2D eigenvalue weighted by atomic mass is 16.6. The number of Topliss-reactive ketones (excluding diaryl/α,β-unsaturated/α-hetero) is 2. The maximum Gasteiger partial charge on any atom is 0.384 e. The van der Waals surface area contributed by atoms with Crippen LogP contribution in [0.5, 0.6) is 23.0 Å². The van der Waals surface area contributed by atoms with Gasteiger partial charge >= 0.3 is 47.8 Å². The second-order valence-corrected chi connectivity index (χ2v) is 16.4. The molecule has 1 aliphatic rings. The quantitative estimate of drug-likeness (QED) is 0.0198. The Kier molecular flexibility index (Phi) is 27.4. The monoisotopic (exact) mass is 1210 g/mol. The van der Waals surface area contributed by atoms with Gasteiger partial charge in [-0.1, -0.05) is 0 Å². The molecule has 6 aromatic rings. The standard InChI is InChI=1S/C15H17NO7.C14H13N3O3.C14H13NO6.C9H11NO3.C6H6O4/c1-20-12-6-5-9(14(18)22-3)7-10(12)16-11(15(19)23-4)8-13(17)21-2;1-20-12-3-2-7-11(19)6-16-9-4-8(10(18)5-15)17-14(12)13(7)9;1-19-10-5-4-7(13(17)20-2)11-9(16)6-8(14(18)21-3)15-12(10)11;1-12-8-4-3-6(5-7(8)10)9(11)13-2;1-9-5(7)3-4-6(8)10-2/h5-8,16H,1-4H3;2-4,16H,5-6,15H2,1H3;4-6H,1-3H3,(H,15,16);3-5H,10H2,1-2H3;1-2H3/b11-8+;;;;. The molecule has 3 heterocycles. The number of benzene rings is 4. The van der Waals surface area contributed by atoms with Crippen LogP contribution < -0.4 is 46.5 Å². The first-order chi connectivity index (χ1) is 41.5. The molecule has 4 aromatic carbocycles. The summed E-state index contributed by atoms with van der Waals surface area (Å²) in [6.45, 7) is 0.0909. The van der Waals surface area contributed by atoms with Crippen LogP contribution in [0.15, 0.2) is 89.4 Å². The molecule has 29 nitrogen and oxygen atoms in total. The Morgan fingerprint density at radius 2 is 1.13 bits per heavy atom. The second-order valence-electron chi connectivity index (χ2n) is 16.4. The number of aromatic amines is 1. The van der Waals surface area contributed by atoms with Gasteiger partial charge in [-0.3, -0.25) is 14.4 Å². The van der Waals surface area contributed by atoms with Crippen LogP contribution in [0.2, 0.25) is 0 Å². The van der Waals surface area contributed by atoms with E-state index >= 15 is 0 Å². The van der Waals surface area contributed by atoms with Gasteiger partial charge in [0.15, 0.2) is 17.0 Å². The fraction of sp³-hybridized carbons (Fsp3) is 0.241. The molecule has 1 aliphatic heterocycles. The van der Waals surface area contributed by atoms with Gasteiger partial charge in [0.1, 0.15) is 45.6 Å². The summed E-state index contributed by atoms with van der Waals surface area (Å²) in [4.78, 5) is 133. The molecule has 0 fully saturated rings. The summed E-state index contributed by atoms with van der Waals surface area (Å²) in [6.07, 6.45) is 0.927. The summed E-state index contributed by atoms with van der Waals surface area (Å²) in [5.41, 5.74) is 14.0. The van der Waals surface area contributed by atoms with Crippen molar-refractivity contribution in [1.29, 1.82) is 0 Å². The van der Waals surface area contributed by atoms with Gasteiger partial charge in [0, 0.05) is 34.5 Å². The number of nitrogens with two attached hydrogens (primary N) is 2. The third-order valence-corrected chi connectivity index (χ3v) is 11.4. The van der Waals surface area contributed by atoms with Crippen LogP contribution in [0.3, 0.4) is 0 Å². The summed E-state index contributed by atoms with van der Waals surface area (Å²) in [5.74, 6) is -0.112. The summed E-state index contributed by atoms with van der Waals surface area (Å²) >= 11 is 0.